The van der Waals surface area contributed by atoms with Crippen molar-refractivity contribution in [3.05, 3.63) is 54.0 Å². The number of para-hydroxylation sites is 1. The molecule has 0 saturated heterocycles. The molecule has 0 unspecified atom stereocenters. The number of aromatic amines is 2. The van der Waals surface area contributed by atoms with Gasteiger partial charge in [0.25, 0.3) is 0 Å². The molecule has 0 fully saturated rings. The van der Waals surface area contributed by atoms with Gasteiger partial charge in [-0.3, -0.25) is 5.10 Å². The van der Waals surface area contributed by atoms with Crippen molar-refractivity contribution >= 4 is 10.9 Å². The fourth-order valence-electron chi connectivity index (χ4n) is 2.35. The van der Waals surface area contributed by atoms with Crippen LogP contribution in [0, 0.1) is 0 Å². The number of aryl methyl sites for hydroxylation is 1. The van der Waals surface area contributed by atoms with Gasteiger partial charge in [0.1, 0.15) is 0 Å². The van der Waals surface area contributed by atoms with E-state index < -0.39 is 0 Å². The van der Waals surface area contributed by atoms with Crippen molar-refractivity contribution in [2.24, 2.45) is 0 Å². The molecule has 0 aliphatic rings. The standard InChI is InChI=1S/C15H18N4/c1-2-6-15-14(5-1)12(10-17-15)4-3-8-16-11-13-7-9-18-19-13/h1-2,5-7,9-10,16-17H,3-4,8,11H2,(H,18,19). The Labute approximate surface area is 112 Å². The molecule has 0 saturated carbocycles. The van der Waals surface area contributed by atoms with Gasteiger partial charge in [-0.05, 0) is 37.1 Å². The Morgan fingerprint density at radius 2 is 2.11 bits per heavy atom. The van der Waals surface area contributed by atoms with Gasteiger partial charge < -0.3 is 10.3 Å². The van der Waals surface area contributed by atoms with Gasteiger partial charge in [0.15, 0.2) is 0 Å². The molecule has 4 nitrogen and oxygen atoms in total. The minimum Gasteiger partial charge on any atom is -0.361 e. The highest BCUT2D eigenvalue weighted by molar-refractivity contribution is 5.82. The smallest absolute Gasteiger partial charge is 0.0490 e. The molecule has 19 heavy (non-hydrogen) atoms. The van der Waals surface area contributed by atoms with Crippen LogP contribution in [0.4, 0.5) is 0 Å². The van der Waals surface area contributed by atoms with Gasteiger partial charge in [0, 0.05) is 35.5 Å². The molecule has 0 aliphatic carbocycles. The summed E-state index contributed by atoms with van der Waals surface area (Å²) in [6.07, 6.45) is 6.14. The van der Waals surface area contributed by atoms with Crippen molar-refractivity contribution in [2.45, 2.75) is 19.4 Å². The average Bonchev–Trinajstić information content (AvgIpc) is 3.08. The molecule has 3 rings (SSSR count). The average molecular weight is 254 g/mol. The van der Waals surface area contributed by atoms with E-state index in [1.807, 2.05) is 6.07 Å². The van der Waals surface area contributed by atoms with Crippen LogP contribution in [0.2, 0.25) is 0 Å². The summed E-state index contributed by atoms with van der Waals surface area (Å²) in [6.45, 7) is 1.87. The van der Waals surface area contributed by atoms with E-state index in [0.717, 1.165) is 31.6 Å². The van der Waals surface area contributed by atoms with E-state index in [4.69, 9.17) is 0 Å². The van der Waals surface area contributed by atoms with Gasteiger partial charge in [0.05, 0.1) is 0 Å². The van der Waals surface area contributed by atoms with E-state index in [-0.39, 0.29) is 0 Å². The first kappa shape index (κ1) is 12.0. The lowest BCUT2D eigenvalue weighted by atomic mass is 10.1. The third-order valence-corrected chi connectivity index (χ3v) is 3.35. The highest BCUT2D eigenvalue weighted by Gasteiger charge is 2.02. The Balaban J connectivity index is 1.47. The number of fused-ring (bicyclic) bond motifs is 1. The summed E-state index contributed by atoms with van der Waals surface area (Å²) in [5.41, 5.74) is 3.76. The second-order valence-corrected chi connectivity index (χ2v) is 4.72. The first-order chi connectivity index (χ1) is 9.43. The summed E-state index contributed by atoms with van der Waals surface area (Å²) in [7, 11) is 0. The molecule has 0 spiro atoms. The van der Waals surface area contributed by atoms with Crippen molar-refractivity contribution in [2.75, 3.05) is 6.54 Å². The molecule has 4 heteroatoms. The Hall–Kier alpha value is -2.07. The van der Waals surface area contributed by atoms with Gasteiger partial charge >= 0.3 is 0 Å². The van der Waals surface area contributed by atoms with E-state index >= 15 is 0 Å². The van der Waals surface area contributed by atoms with E-state index in [2.05, 4.69) is 51.0 Å². The predicted molar refractivity (Wildman–Crippen MR) is 76.9 cm³/mol. The third-order valence-electron chi connectivity index (χ3n) is 3.35. The summed E-state index contributed by atoms with van der Waals surface area (Å²) in [4.78, 5) is 3.32. The molecule has 0 bridgehead atoms. The van der Waals surface area contributed by atoms with Crippen LogP contribution in [0.25, 0.3) is 10.9 Å². The number of rotatable bonds is 6. The molecular weight excluding hydrogens is 236 g/mol. The zero-order chi connectivity index (χ0) is 12.9. The van der Waals surface area contributed by atoms with E-state index in [0.29, 0.717) is 0 Å². The Bertz CT molecular complexity index is 624. The fraction of sp³-hybridized carbons (Fsp3) is 0.267. The number of hydrogen-bond acceptors (Lipinski definition) is 2. The number of H-pyrrole nitrogens is 2. The van der Waals surface area contributed by atoms with Crippen LogP contribution in [-0.4, -0.2) is 21.7 Å². The second-order valence-electron chi connectivity index (χ2n) is 4.72. The van der Waals surface area contributed by atoms with Crippen molar-refractivity contribution in [3.8, 4) is 0 Å². The summed E-state index contributed by atoms with van der Waals surface area (Å²) >= 11 is 0. The first-order valence-corrected chi connectivity index (χ1v) is 6.67. The lowest BCUT2D eigenvalue weighted by Gasteiger charge is -2.02. The summed E-state index contributed by atoms with van der Waals surface area (Å²) < 4.78 is 0. The highest BCUT2D eigenvalue weighted by Crippen LogP contribution is 2.18. The number of aromatic nitrogens is 3. The first-order valence-electron chi connectivity index (χ1n) is 6.67. The molecule has 0 aliphatic heterocycles. The van der Waals surface area contributed by atoms with Gasteiger partial charge in [-0.1, -0.05) is 18.2 Å². The van der Waals surface area contributed by atoms with E-state index in [9.17, 15) is 0 Å². The quantitative estimate of drug-likeness (QED) is 0.592. The Kier molecular flexibility index (Phi) is 3.61. The molecule has 0 atom stereocenters. The summed E-state index contributed by atoms with van der Waals surface area (Å²) in [5.74, 6) is 0. The van der Waals surface area contributed by atoms with Crippen LogP contribution < -0.4 is 5.32 Å². The van der Waals surface area contributed by atoms with Crippen molar-refractivity contribution in [1.82, 2.24) is 20.5 Å². The minimum atomic E-state index is 0.855. The topological polar surface area (TPSA) is 56.5 Å². The zero-order valence-electron chi connectivity index (χ0n) is 10.8. The molecule has 3 N–H and O–H groups in total. The molecule has 2 heterocycles. The van der Waals surface area contributed by atoms with Gasteiger partial charge in [-0.15, -0.1) is 0 Å². The predicted octanol–water partition coefficient (Wildman–Crippen LogP) is 2.61. The normalized spacial score (nSPS) is 11.2. The fourth-order valence-corrected chi connectivity index (χ4v) is 2.35. The maximum Gasteiger partial charge on any atom is 0.0490 e. The molecule has 1 aromatic carbocycles. The monoisotopic (exact) mass is 254 g/mol. The SMILES string of the molecule is c1ccc2c(CCCNCc3ccn[nH]3)c[nH]c2c1. The van der Waals surface area contributed by atoms with E-state index in [1.54, 1.807) is 6.20 Å². The number of hydrogen-bond donors (Lipinski definition) is 3. The number of nitrogens with one attached hydrogen (secondary N) is 3. The largest absolute Gasteiger partial charge is 0.361 e. The van der Waals surface area contributed by atoms with Gasteiger partial charge in [0.2, 0.25) is 0 Å². The summed E-state index contributed by atoms with van der Waals surface area (Å²) in [6, 6.07) is 10.5. The molecule has 0 amide bonds. The van der Waals surface area contributed by atoms with Crippen LogP contribution in [0.5, 0.6) is 0 Å². The lowest BCUT2D eigenvalue weighted by Crippen LogP contribution is -2.15. The van der Waals surface area contributed by atoms with Crippen molar-refractivity contribution in [1.29, 1.82) is 0 Å². The molecule has 3 aromatic rings. The van der Waals surface area contributed by atoms with Gasteiger partial charge in [-0.25, -0.2) is 0 Å². The molecule has 2 aromatic heterocycles. The second kappa shape index (κ2) is 5.71. The molecular formula is C15H18N4. The number of nitrogens with zero attached hydrogens (tertiary/aromatic N) is 1. The van der Waals surface area contributed by atoms with Crippen LogP contribution in [0.15, 0.2) is 42.7 Å². The Morgan fingerprint density at radius 1 is 1.16 bits per heavy atom. The minimum absolute atomic E-state index is 0.855. The van der Waals surface area contributed by atoms with Crippen LogP contribution >= 0.6 is 0 Å². The maximum atomic E-state index is 3.93. The molecule has 0 radical (unpaired) electrons. The molecule has 98 valence electrons. The van der Waals surface area contributed by atoms with Crippen LogP contribution in [0.3, 0.4) is 0 Å². The van der Waals surface area contributed by atoms with Crippen LogP contribution in [0.1, 0.15) is 17.7 Å². The van der Waals surface area contributed by atoms with Gasteiger partial charge in [-0.2, -0.15) is 5.10 Å². The Morgan fingerprint density at radius 3 is 3.00 bits per heavy atom. The lowest BCUT2D eigenvalue weighted by molar-refractivity contribution is 0.640. The van der Waals surface area contributed by atoms with Crippen molar-refractivity contribution in [3.63, 3.8) is 0 Å². The zero-order valence-corrected chi connectivity index (χ0v) is 10.8. The van der Waals surface area contributed by atoms with Crippen LogP contribution in [-0.2, 0) is 13.0 Å². The number of benzene rings is 1. The third kappa shape index (κ3) is 2.85. The van der Waals surface area contributed by atoms with Crippen molar-refractivity contribution < 1.29 is 0 Å². The maximum absolute atomic E-state index is 3.93. The summed E-state index contributed by atoms with van der Waals surface area (Å²) in [5, 5.41) is 11.6. The highest BCUT2D eigenvalue weighted by atomic mass is 15.1. The van der Waals surface area contributed by atoms with E-state index in [1.165, 1.54) is 16.5 Å².